The van der Waals surface area contributed by atoms with E-state index in [9.17, 15) is 4.79 Å². The summed E-state index contributed by atoms with van der Waals surface area (Å²) in [5.41, 5.74) is 1.83. The molecular formula is C20H20ClN5OS. The van der Waals surface area contributed by atoms with Crippen LogP contribution < -0.4 is 10.2 Å². The fourth-order valence-corrected chi connectivity index (χ4v) is 4.19. The number of rotatable bonds is 5. The molecule has 1 fully saturated rings. The molecule has 0 spiro atoms. The van der Waals surface area contributed by atoms with Crippen molar-refractivity contribution in [2.24, 2.45) is 0 Å². The number of hydrogen-bond donors (Lipinski definition) is 1. The van der Waals surface area contributed by atoms with Gasteiger partial charge >= 0.3 is 0 Å². The molecule has 1 saturated heterocycles. The molecule has 1 N–H and O–H groups in total. The quantitative estimate of drug-likeness (QED) is 0.690. The maximum absolute atomic E-state index is 12.3. The van der Waals surface area contributed by atoms with E-state index in [0.717, 1.165) is 47.6 Å². The lowest BCUT2D eigenvalue weighted by molar-refractivity contribution is 0.102. The van der Waals surface area contributed by atoms with Gasteiger partial charge in [-0.15, -0.1) is 10.2 Å². The van der Waals surface area contributed by atoms with Crippen molar-refractivity contribution in [2.45, 2.75) is 6.54 Å². The predicted octanol–water partition coefficient (Wildman–Crippen LogP) is 3.77. The highest BCUT2D eigenvalue weighted by atomic mass is 35.5. The van der Waals surface area contributed by atoms with Gasteiger partial charge in [0.2, 0.25) is 5.01 Å². The SMILES string of the molecule is O=C(Nc1ccccc1)c1nnc(CN2CCN(c3ccccc3Cl)CC2)s1. The largest absolute Gasteiger partial charge is 0.368 e. The number of piperazine rings is 1. The van der Waals surface area contributed by atoms with Gasteiger partial charge in [-0.05, 0) is 24.3 Å². The molecular weight excluding hydrogens is 394 g/mol. The first-order valence-electron chi connectivity index (χ1n) is 9.09. The molecule has 1 aromatic heterocycles. The first-order valence-corrected chi connectivity index (χ1v) is 10.3. The molecule has 1 amide bonds. The number of aromatic nitrogens is 2. The summed E-state index contributed by atoms with van der Waals surface area (Å²) >= 11 is 7.65. The minimum Gasteiger partial charge on any atom is -0.368 e. The molecule has 0 aliphatic carbocycles. The van der Waals surface area contributed by atoms with Gasteiger partial charge in [-0.25, -0.2) is 0 Å². The number of halogens is 1. The Morgan fingerprint density at radius 1 is 1.00 bits per heavy atom. The van der Waals surface area contributed by atoms with E-state index in [1.54, 1.807) is 0 Å². The van der Waals surface area contributed by atoms with Gasteiger partial charge in [0.05, 0.1) is 17.3 Å². The number of anilines is 2. The molecule has 6 nitrogen and oxygen atoms in total. The number of carbonyl (C=O) groups is 1. The lowest BCUT2D eigenvalue weighted by atomic mass is 10.2. The minimum absolute atomic E-state index is 0.224. The second-order valence-electron chi connectivity index (χ2n) is 6.54. The van der Waals surface area contributed by atoms with Crippen molar-refractivity contribution in [3.05, 3.63) is 69.6 Å². The van der Waals surface area contributed by atoms with Crippen molar-refractivity contribution in [3.8, 4) is 0 Å². The highest BCUT2D eigenvalue weighted by Crippen LogP contribution is 2.26. The second-order valence-corrected chi connectivity index (χ2v) is 8.00. The topological polar surface area (TPSA) is 61.4 Å². The first kappa shape index (κ1) is 18.9. The summed E-state index contributed by atoms with van der Waals surface area (Å²) in [5, 5.41) is 13.1. The summed E-state index contributed by atoms with van der Waals surface area (Å²) < 4.78 is 0. The third-order valence-corrected chi connectivity index (χ3v) is 5.84. The summed E-state index contributed by atoms with van der Waals surface area (Å²) in [6.07, 6.45) is 0. The summed E-state index contributed by atoms with van der Waals surface area (Å²) in [5.74, 6) is -0.224. The summed E-state index contributed by atoms with van der Waals surface area (Å²) in [6, 6.07) is 17.3. The van der Waals surface area contributed by atoms with Crippen LogP contribution >= 0.6 is 22.9 Å². The van der Waals surface area contributed by atoms with Crippen LogP contribution in [0, 0.1) is 0 Å². The zero-order valence-electron chi connectivity index (χ0n) is 15.2. The molecule has 0 saturated carbocycles. The zero-order valence-corrected chi connectivity index (χ0v) is 16.8. The van der Waals surface area contributed by atoms with E-state index in [-0.39, 0.29) is 5.91 Å². The van der Waals surface area contributed by atoms with Gasteiger partial charge in [-0.2, -0.15) is 0 Å². The van der Waals surface area contributed by atoms with Crippen LogP contribution in [-0.4, -0.2) is 47.2 Å². The Labute approximate surface area is 172 Å². The Morgan fingerprint density at radius 3 is 2.46 bits per heavy atom. The van der Waals surface area contributed by atoms with Crippen molar-refractivity contribution in [1.82, 2.24) is 15.1 Å². The number of nitrogens with zero attached hydrogens (tertiary/aromatic N) is 4. The lowest BCUT2D eigenvalue weighted by Crippen LogP contribution is -2.46. The number of nitrogens with one attached hydrogen (secondary N) is 1. The van der Waals surface area contributed by atoms with Crippen LogP contribution in [0.5, 0.6) is 0 Å². The average molecular weight is 414 g/mol. The van der Waals surface area contributed by atoms with Crippen LogP contribution in [-0.2, 0) is 6.54 Å². The second kappa shape index (κ2) is 8.68. The molecule has 3 aromatic rings. The Balaban J connectivity index is 1.31. The molecule has 144 valence electrons. The first-order chi connectivity index (χ1) is 13.7. The highest BCUT2D eigenvalue weighted by Gasteiger charge is 2.21. The third-order valence-electron chi connectivity index (χ3n) is 4.62. The van der Waals surface area contributed by atoms with Gasteiger partial charge in [-0.3, -0.25) is 9.69 Å². The molecule has 2 heterocycles. The van der Waals surface area contributed by atoms with Gasteiger partial charge in [0.25, 0.3) is 5.91 Å². The van der Waals surface area contributed by atoms with E-state index in [1.165, 1.54) is 11.3 Å². The third kappa shape index (κ3) is 4.49. The standard InChI is InChI=1S/C20H20ClN5OS/c21-16-8-4-5-9-17(16)26-12-10-25(11-13-26)14-18-23-24-20(28-18)19(27)22-15-6-2-1-3-7-15/h1-9H,10-14H2,(H,22,27). The number of carbonyl (C=O) groups excluding carboxylic acids is 1. The number of amides is 1. The van der Waals surface area contributed by atoms with Crippen molar-refractivity contribution in [2.75, 3.05) is 36.4 Å². The van der Waals surface area contributed by atoms with Crippen molar-refractivity contribution < 1.29 is 4.79 Å². The normalized spacial score (nSPS) is 14.8. The fourth-order valence-electron chi connectivity index (χ4n) is 3.16. The molecule has 2 aromatic carbocycles. The molecule has 0 bridgehead atoms. The monoisotopic (exact) mass is 413 g/mol. The maximum Gasteiger partial charge on any atom is 0.286 e. The lowest BCUT2D eigenvalue weighted by Gasteiger charge is -2.36. The van der Waals surface area contributed by atoms with Crippen LogP contribution in [0.15, 0.2) is 54.6 Å². The molecule has 1 aliphatic rings. The number of hydrogen-bond acceptors (Lipinski definition) is 6. The Bertz CT molecular complexity index is 941. The number of para-hydroxylation sites is 2. The molecule has 8 heteroatoms. The average Bonchev–Trinajstić information content (AvgIpc) is 3.19. The zero-order chi connectivity index (χ0) is 19.3. The van der Waals surface area contributed by atoms with Gasteiger partial charge in [-0.1, -0.05) is 53.3 Å². The van der Waals surface area contributed by atoms with Crippen molar-refractivity contribution in [1.29, 1.82) is 0 Å². The predicted molar refractivity (Wildman–Crippen MR) is 113 cm³/mol. The van der Waals surface area contributed by atoms with Crippen molar-refractivity contribution in [3.63, 3.8) is 0 Å². The highest BCUT2D eigenvalue weighted by molar-refractivity contribution is 7.13. The Kier molecular flexibility index (Phi) is 5.85. The van der Waals surface area contributed by atoms with Crippen LogP contribution in [0.1, 0.15) is 14.8 Å². The van der Waals surface area contributed by atoms with E-state index in [1.807, 2.05) is 48.5 Å². The van der Waals surface area contributed by atoms with Crippen LogP contribution in [0.2, 0.25) is 5.02 Å². The molecule has 0 atom stereocenters. The number of benzene rings is 2. The molecule has 1 aliphatic heterocycles. The van der Waals surface area contributed by atoms with Gasteiger partial charge in [0.15, 0.2) is 0 Å². The van der Waals surface area contributed by atoms with Crippen molar-refractivity contribution >= 4 is 40.2 Å². The van der Waals surface area contributed by atoms with E-state index < -0.39 is 0 Å². The summed E-state index contributed by atoms with van der Waals surface area (Å²) in [4.78, 5) is 16.9. The van der Waals surface area contributed by atoms with E-state index in [2.05, 4.69) is 31.4 Å². The van der Waals surface area contributed by atoms with Crippen LogP contribution in [0.3, 0.4) is 0 Å². The molecule has 28 heavy (non-hydrogen) atoms. The van der Waals surface area contributed by atoms with Crippen LogP contribution in [0.25, 0.3) is 0 Å². The molecule has 0 unspecified atom stereocenters. The Morgan fingerprint density at radius 2 is 1.71 bits per heavy atom. The van der Waals surface area contributed by atoms with Gasteiger partial charge < -0.3 is 10.2 Å². The fraction of sp³-hybridized carbons (Fsp3) is 0.250. The van der Waals surface area contributed by atoms with E-state index >= 15 is 0 Å². The maximum atomic E-state index is 12.3. The summed E-state index contributed by atoms with van der Waals surface area (Å²) in [7, 11) is 0. The van der Waals surface area contributed by atoms with E-state index in [4.69, 9.17) is 11.6 Å². The Hall–Kier alpha value is -2.48. The summed E-state index contributed by atoms with van der Waals surface area (Å²) in [6.45, 7) is 4.34. The van der Waals surface area contributed by atoms with Gasteiger partial charge in [0, 0.05) is 31.9 Å². The minimum atomic E-state index is -0.224. The van der Waals surface area contributed by atoms with E-state index in [0.29, 0.717) is 11.6 Å². The van der Waals surface area contributed by atoms with Crippen LogP contribution in [0.4, 0.5) is 11.4 Å². The molecule has 4 rings (SSSR count). The van der Waals surface area contributed by atoms with Gasteiger partial charge in [0.1, 0.15) is 5.01 Å². The smallest absolute Gasteiger partial charge is 0.286 e. The molecule has 0 radical (unpaired) electrons.